The molecular weight excluding hydrogens is 335 g/mol. The fourth-order valence-corrected chi connectivity index (χ4v) is 4.28. The van der Waals surface area contributed by atoms with E-state index in [-0.39, 0.29) is 5.82 Å². The van der Waals surface area contributed by atoms with Crippen molar-refractivity contribution in [3.05, 3.63) is 90.7 Å². The summed E-state index contributed by atoms with van der Waals surface area (Å²) in [5, 5.41) is 3.98. The van der Waals surface area contributed by atoms with E-state index in [0.717, 1.165) is 33.1 Å². The van der Waals surface area contributed by atoms with E-state index in [1.165, 1.54) is 16.8 Å². The highest BCUT2D eigenvalue weighted by molar-refractivity contribution is 6.13. The molecule has 6 aromatic rings. The van der Waals surface area contributed by atoms with Gasteiger partial charge in [0, 0.05) is 27.1 Å². The fourth-order valence-electron chi connectivity index (χ4n) is 4.28. The SMILES string of the molecule is Fc1cccc2[nH]c3c(-n4c5ccccc5c5ccccc54)cccc3c12. The molecule has 4 aromatic carbocycles. The lowest BCUT2D eigenvalue weighted by atomic mass is 10.1. The second-order valence-corrected chi connectivity index (χ2v) is 6.86. The number of benzene rings is 4. The van der Waals surface area contributed by atoms with Crippen LogP contribution in [0.4, 0.5) is 4.39 Å². The van der Waals surface area contributed by atoms with Gasteiger partial charge in [0.2, 0.25) is 0 Å². The molecule has 0 saturated heterocycles. The average Bonchev–Trinajstić information content (AvgIpc) is 3.25. The van der Waals surface area contributed by atoms with Crippen LogP contribution in [0.5, 0.6) is 0 Å². The Kier molecular flexibility index (Phi) is 2.81. The molecule has 2 heterocycles. The van der Waals surface area contributed by atoms with Gasteiger partial charge in [0.15, 0.2) is 0 Å². The zero-order valence-electron chi connectivity index (χ0n) is 14.4. The molecule has 0 atom stereocenters. The van der Waals surface area contributed by atoms with Gasteiger partial charge in [0.05, 0.1) is 22.2 Å². The Bertz CT molecular complexity index is 1430. The molecule has 2 aromatic heterocycles. The number of para-hydroxylation sites is 3. The van der Waals surface area contributed by atoms with Crippen molar-refractivity contribution in [1.82, 2.24) is 9.55 Å². The summed E-state index contributed by atoms with van der Waals surface area (Å²) in [4.78, 5) is 3.44. The maximum atomic E-state index is 14.5. The first-order valence-corrected chi connectivity index (χ1v) is 9.00. The largest absolute Gasteiger partial charge is 0.353 e. The minimum absolute atomic E-state index is 0.196. The third kappa shape index (κ3) is 1.88. The molecule has 0 amide bonds. The van der Waals surface area contributed by atoms with Crippen molar-refractivity contribution in [3.63, 3.8) is 0 Å². The van der Waals surface area contributed by atoms with Crippen LogP contribution in [-0.4, -0.2) is 9.55 Å². The Morgan fingerprint density at radius 3 is 2.00 bits per heavy atom. The quantitative estimate of drug-likeness (QED) is 0.347. The Balaban J connectivity index is 1.84. The molecule has 0 unspecified atom stereocenters. The lowest BCUT2D eigenvalue weighted by Crippen LogP contribution is -1.94. The third-order valence-electron chi connectivity index (χ3n) is 5.41. The Morgan fingerprint density at radius 1 is 0.630 bits per heavy atom. The number of hydrogen-bond acceptors (Lipinski definition) is 0. The molecule has 0 fully saturated rings. The lowest BCUT2D eigenvalue weighted by Gasteiger charge is -2.09. The summed E-state index contributed by atoms with van der Waals surface area (Å²) in [6.45, 7) is 0. The number of nitrogens with zero attached hydrogens (tertiary/aromatic N) is 1. The van der Waals surface area contributed by atoms with Gasteiger partial charge in [-0.05, 0) is 30.3 Å². The maximum absolute atomic E-state index is 14.5. The number of fused-ring (bicyclic) bond motifs is 6. The number of nitrogens with one attached hydrogen (secondary N) is 1. The van der Waals surface area contributed by atoms with Crippen LogP contribution in [0.3, 0.4) is 0 Å². The summed E-state index contributed by atoms with van der Waals surface area (Å²) in [5.41, 5.74) is 5.08. The van der Waals surface area contributed by atoms with E-state index >= 15 is 0 Å². The first kappa shape index (κ1) is 14.6. The van der Waals surface area contributed by atoms with Crippen LogP contribution in [0.25, 0.3) is 49.3 Å². The highest BCUT2D eigenvalue weighted by Gasteiger charge is 2.16. The fraction of sp³-hybridized carbons (Fsp3) is 0. The molecular formula is C24H15FN2. The van der Waals surface area contributed by atoms with Crippen LogP contribution in [0.15, 0.2) is 84.9 Å². The van der Waals surface area contributed by atoms with Crippen molar-refractivity contribution in [2.45, 2.75) is 0 Å². The standard InChI is InChI=1S/C24H15FN2/c25-18-10-6-11-19-23(18)17-9-5-14-22(24(17)26-19)27-20-12-3-1-7-15(20)16-8-2-4-13-21(16)27/h1-14,26H. The number of halogens is 1. The van der Waals surface area contributed by atoms with Crippen LogP contribution >= 0.6 is 0 Å². The minimum Gasteiger partial charge on any atom is -0.353 e. The van der Waals surface area contributed by atoms with Gasteiger partial charge in [0.1, 0.15) is 5.82 Å². The Morgan fingerprint density at radius 2 is 1.26 bits per heavy atom. The number of rotatable bonds is 1. The first-order valence-electron chi connectivity index (χ1n) is 9.00. The van der Waals surface area contributed by atoms with E-state index in [9.17, 15) is 4.39 Å². The van der Waals surface area contributed by atoms with E-state index in [4.69, 9.17) is 0 Å². The lowest BCUT2D eigenvalue weighted by molar-refractivity contribution is 0.640. The summed E-state index contributed by atoms with van der Waals surface area (Å²) in [5.74, 6) is -0.196. The number of aromatic amines is 1. The van der Waals surface area contributed by atoms with Crippen molar-refractivity contribution in [3.8, 4) is 5.69 Å². The number of H-pyrrole nitrogens is 1. The molecule has 6 rings (SSSR count). The molecule has 0 bridgehead atoms. The molecule has 0 aliphatic rings. The predicted molar refractivity (Wildman–Crippen MR) is 110 cm³/mol. The topological polar surface area (TPSA) is 20.7 Å². The molecule has 27 heavy (non-hydrogen) atoms. The molecule has 0 radical (unpaired) electrons. The third-order valence-corrected chi connectivity index (χ3v) is 5.41. The van der Waals surface area contributed by atoms with Crippen molar-refractivity contribution < 1.29 is 4.39 Å². The molecule has 2 nitrogen and oxygen atoms in total. The van der Waals surface area contributed by atoms with E-state index < -0.39 is 0 Å². The van der Waals surface area contributed by atoms with E-state index in [0.29, 0.717) is 5.39 Å². The van der Waals surface area contributed by atoms with E-state index in [1.807, 2.05) is 18.2 Å². The highest BCUT2D eigenvalue weighted by Crippen LogP contribution is 2.36. The van der Waals surface area contributed by atoms with Gasteiger partial charge in [-0.1, -0.05) is 54.6 Å². The van der Waals surface area contributed by atoms with Crippen molar-refractivity contribution in [2.75, 3.05) is 0 Å². The van der Waals surface area contributed by atoms with Gasteiger partial charge < -0.3 is 9.55 Å². The summed E-state index contributed by atoms with van der Waals surface area (Å²) in [6.07, 6.45) is 0. The van der Waals surface area contributed by atoms with Gasteiger partial charge >= 0.3 is 0 Å². The van der Waals surface area contributed by atoms with Gasteiger partial charge in [-0.25, -0.2) is 4.39 Å². The predicted octanol–water partition coefficient (Wildman–Crippen LogP) is 6.56. The monoisotopic (exact) mass is 350 g/mol. The minimum atomic E-state index is -0.196. The Labute approximate surface area is 154 Å². The average molecular weight is 350 g/mol. The zero-order valence-corrected chi connectivity index (χ0v) is 14.4. The van der Waals surface area contributed by atoms with Crippen LogP contribution in [0.1, 0.15) is 0 Å². The van der Waals surface area contributed by atoms with Gasteiger partial charge in [-0.3, -0.25) is 0 Å². The second-order valence-electron chi connectivity index (χ2n) is 6.86. The van der Waals surface area contributed by atoms with Crippen molar-refractivity contribution >= 4 is 43.6 Å². The zero-order chi connectivity index (χ0) is 18.0. The van der Waals surface area contributed by atoms with Crippen LogP contribution in [-0.2, 0) is 0 Å². The molecule has 0 aliphatic heterocycles. The normalized spacial score (nSPS) is 11.9. The molecule has 128 valence electrons. The number of aromatic nitrogens is 2. The maximum Gasteiger partial charge on any atom is 0.133 e. The summed E-state index contributed by atoms with van der Waals surface area (Å²) in [7, 11) is 0. The van der Waals surface area contributed by atoms with Gasteiger partial charge in [0.25, 0.3) is 0 Å². The number of hydrogen-bond donors (Lipinski definition) is 1. The van der Waals surface area contributed by atoms with Crippen molar-refractivity contribution in [1.29, 1.82) is 0 Å². The molecule has 0 spiro atoms. The Hall–Kier alpha value is -3.59. The van der Waals surface area contributed by atoms with Crippen LogP contribution in [0, 0.1) is 5.82 Å². The second kappa shape index (κ2) is 5.21. The summed E-state index contributed by atoms with van der Waals surface area (Å²) < 4.78 is 16.8. The highest BCUT2D eigenvalue weighted by atomic mass is 19.1. The van der Waals surface area contributed by atoms with Crippen LogP contribution < -0.4 is 0 Å². The molecule has 1 N–H and O–H groups in total. The summed E-state index contributed by atoms with van der Waals surface area (Å²) in [6, 6.07) is 28.1. The molecule has 0 aliphatic carbocycles. The first-order chi connectivity index (χ1) is 13.3. The molecule has 0 saturated carbocycles. The molecule has 3 heteroatoms. The van der Waals surface area contributed by atoms with Crippen LogP contribution in [0.2, 0.25) is 0 Å². The van der Waals surface area contributed by atoms with Gasteiger partial charge in [-0.15, -0.1) is 0 Å². The van der Waals surface area contributed by atoms with Gasteiger partial charge in [-0.2, -0.15) is 0 Å². The van der Waals surface area contributed by atoms with E-state index in [2.05, 4.69) is 64.1 Å². The smallest absolute Gasteiger partial charge is 0.133 e. The summed E-state index contributed by atoms with van der Waals surface area (Å²) >= 11 is 0. The van der Waals surface area contributed by atoms with Crippen molar-refractivity contribution in [2.24, 2.45) is 0 Å². The van der Waals surface area contributed by atoms with E-state index in [1.54, 1.807) is 6.07 Å².